The smallest absolute Gasteiger partial charge is 0.265 e. The van der Waals surface area contributed by atoms with Gasteiger partial charge >= 0.3 is 0 Å². The Kier molecular flexibility index (Phi) is 6.27. The van der Waals surface area contributed by atoms with Gasteiger partial charge in [-0.2, -0.15) is 4.31 Å². The van der Waals surface area contributed by atoms with Crippen molar-refractivity contribution in [3.05, 3.63) is 51.2 Å². The van der Waals surface area contributed by atoms with Gasteiger partial charge in [0.1, 0.15) is 9.77 Å². The zero-order valence-corrected chi connectivity index (χ0v) is 18.5. The van der Waals surface area contributed by atoms with Gasteiger partial charge in [0.25, 0.3) is 5.91 Å². The van der Waals surface area contributed by atoms with E-state index >= 15 is 0 Å². The lowest BCUT2D eigenvalue weighted by molar-refractivity contribution is 0.0629. The third kappa shape index (κ3) is 4.51. The third-order valence-electron chi connectivity index (χ3n) is 5.46. The number of piperazine rings is 1. The largest absolute Gasteiger partial charge is 0.335 e. The highest BCUT2D eigenvalue weighted by atomic mass is 35.5. The number of sulfonamides is 1. The Hall–Kier alpha value is -1.45. The number of hydrogen-bond acceptors (Lipinski definition) is 5. The summed E-state index contributed by atoms with van der Waals surface area (Å²) in [6.07, 6.45) is 1.75. The zero-order chi connectivity index (χ0) is 20.4. The summed E-state index contributed by atoms with van der Waals surface area (Å²) in [5, 5.41) is 2.42. The molecule has 2 saturated heterocycles. The first kappa shape index (κ1) is 20.8. The van der Waals surface area contributed by atoms with Crippen LogP contribution < -0.4 is 0 Å². The fraction of sp³-hybridized carbons (Fsp3) is 0.450. The van der Waals surface area contributed by atoms with Gasteiger partial charge in [0.15, 0.2) is 0 Å². The van der Waals surface area contributed by atoms with Crippen LogP contribution in [0.5, 0.6) is 0 Å². The third-order valence-corrected chi connectivity index (χ3v) is 8.67. The van der Waals surface area contributed by atoms with Crippen LogP contribution in [-0.4, -0.2) is 67.7 Å². The molecule has 0 saturated carbocycles. The minimum atomic E-state index is -3.59. The van der Waals surface area contributed by atoms with Crippen molar-refractivity contribution in [2.45, 2.75) is 24.3 Å². The number of nitrogens with zero attached hydrogens (tertiary/aromatic N) is 3. The fourth-order valence-corrected chi connectivity index (χ4v) is 6.96. The van der Waals surface area contributed by atoms with Crippen LogP contribution in [0.3, 0.4) is 0 Å². The van der Waals surface area contributed by atoms with Gasteiger partial charge in [0.2, 0.25) is 10.0 Å². The van der Waals surface area contributed by atoms with Crippen molar-refractivity contribution >= 4 is 38.9 Å². The predicted octanol–water partition coefficient (Wildman–Crippen LogP) is 3.14. The summed E-state index contributed by atoms with van der Waals surface area (Å²) in [5.41, 5.74) is 1.15. The van der Waals surface area contributed by atoms with Gasteiger partial charge in [-0.15, -0.1) is 11.3 Å². The molecule has 156 valence electrons. The Balaban J connectivity index is 1.41. The van der Waals surface area contributed by atoms with Crippen molar-refractivity contribution in [3.63, 3.8) is 0 Å². The highest BCUT2D eigenvalue weighted by molar-refractivity contribution is 7.89. The monoisotopic (exact) mass is 453 g/mol. The van der Waals surface area contributed by atoms with Crippen LogP contribution in [0.1, 0.15) is 28.1 Å². The van der Waals surface area contributed by atoms with Gasteiger partial charge in [-0.3, -0.25) is 9.69 Å². The number of rotatable bonds is 5. The second-order valence-electron chi connectivity index (χ2n) is 7.42. The SMILES string of the molecule is O=C(c1sccc1S(=O)(=O)N1CCCC1)N1CCN(Cc2cccc(Cl)c2)CC1. The lowest BCUT2D eigenvalue weighted by atomic mass is 10.2. The maximum absolute atomic E-state index is 13.1. The first-order chi connectivity index (χ1) is 13.9. The molecule has 1 amide bonds. The highest BCUT2D eigenvalue weighted by Gasteiger charge is 2.33. The van der Waals surface area contributed by atoms with E-state index < -0.39 is 10.0 Å². The quantitative estimate of drug-likeness (QED) is 0.697. The van der Waals surface area contributed by atoms with Gasteiger partial charge in [-0.05, 0) is 42.0 Å². The van der Waals surface area contributed by atoms with Crippen LogP contribution in [0.25, 0.3) is 0 Å². The summed E-state index contributed by atoms with van der Waals surface area (Å²) < 4.78 is 27.4. The van der Waals surface area contributed by atoms with Crippen LogP contribution in [0.2, 0.25) is 5.02 Å². The standard InChI is InChI=1S/C20H24ClN3O3S2/c21-17-5-3-4-16(14-17)15-22-9-11-23(12-10-22)20(25)19-18(6-13-28-19)29(26,27)24-7-1-2-8-24/h3-6,13-14H,1-2,7-12,15H2. The van der Waals surface area contributed by atoms with Gasteiger partial charge in [0.05, 0.1) is 0 Å². The van der Waals surface area contributed by atoms with E-state index in [9.17, 15) is 13.2 Å². The minimum Gasteiger partial charge on any atom is -0.335 e. The summed E-state index contributed by atoms with van der Waals surface area (Å²) in [7, 11) is -3.59. The predicted molar refractivity (Wildman–Crippen MR) is 115 cm³/mol. The Morgan fingerprint density at radius 3 is 2.45 bits per heavy atom. The lowest BCUT2D eigenvalue weighted by Gasteiger charge is -2.34. The number of carbonyl (C=O) groups is 1. The van der Waals surface area contributed by atoms with Crippen LogP contribution in [0, 0.1) is 0 Å². The molecule has 9 heteroatoms. The summed E-state index contributed by atoms with van der Waals surface area (Å²) in [6, 6.07) is 9.37. The second-order valence-corrected chi connectivity index (χ2v) is 10.7. The van der Waals surface area contributed by atoms with E-state index in [2.05, 4.69) is 4.90 Å². The molecule has 4 rings (SSSR count). The highest BCUT2D eigenvalue weighted by Crippen LogP contribution is 2.29. The molecule has 2 fully saturated rings. The molecular weight excluding hydrogens is 430 g/mol. The van der Waals surface area contributed by atoms with Gasteiger partial charge in [-0.25, -0.2) is 8.42 Å². The molecule has 6 nitrogen and oxygen atoms in total. The van der Waals surface area contributed by atoms with Gasteiger partial charge in [-0.1, -0.05) is 23.7 Å². The number of halogens is 1. The molecule has 0 spiro atoms. The maximum Gasteiger partial charge on any atom is 0.265 e. The van der Waals surface area contributed by atoms with Crippen LogP contribution in [0.4, 0.5) is 0 Å². The molecular formula is C20H24ClN3O3S2. The van der Waals surface area contributed by atoms with E-state index in [1.165, 1.54) is 15.6 Å². The topological polar surface area (TPSA) is 60.9 Å². The summed E-state index contributed by atoms with van der Waals surface area (Å²) in [4.78, 5) is 17.6. The molecule has 0 unspecified atom stereocenters. The Labute approximate surface area is 180 Å². The van der Waals surface area contributed by atoms with E-state index in [1.54, 1.807) is 16.3 Å². The van der Waals surface area contributed by atoms with Crippen molar-refractivity contribution in [1.82, 2.24) is 14.1 Å². The summed E-state index contributed by atoms with van der Waals surface area (Å²) >= 11 is 7.28. The van der Waals surface area contributed by atoms with Crippen molar-refractivity contribution in [2.24, 2.45) is 0 Å². The Bertz CT molecular complexity index is 978. The molecule has 29 heavy (non-hydrogen) atoms. The average molecular weight is 454 g/mol. The first-order valence-corrected chi connectivity index (χ1v) is 12.5. The van der Waals surface area contributed by atoms with Crippen molar-refractivity contribution < 1.29 is 13.2 Å². The molecule has 0 N–H and O–H groups in total. The Morgan fingerprint density at radius 2 is 1.76 bits per heavy atom. The molecule has 0 aliphatic carbocycles. The number of benzene rings is 1. The number of carbonyl (C=O) groups excluding carboxylic acids is 1. The molecule has 1 aromatic heterocycles. The number of hydrogen-bond donors (Lipinski definition) is 0. The molecule has 3 heterocycles. The summed E-state index contributed by atoms with van der Waals surface area (Å²) in [5.74, 6) is -0.180. The molecule has 2 aliphatic heterocycles. The normalized spacial score (nSPS) is 19.0. The molecule has 2 aromatic rings. The number of thiophene rings is 1. The van der Waals surface area contributed by atoms with Crippen molar-refractivity contribution in [3.8, 4) is 0 Å². The van der Waals surface area contributed by atoms with E-state index in [4.69, 9.17) is 11.6 Å². The van der Waals surface area contributed by atoms with E-state index in [0.29, 0.717) is 31.1 Å². The fourth-order valence-electron chi connectivity index (χ4n) is 3.87. The van der Waals surface area contributed by atoms with Gasteiger partial charge in [0, 0.05) is 50.8 Å². The van der Waals surface area contributed by atoms with E-state index in [1.807, 2.05) is 24.3 Å². The van der Waals surface area contributed by atoms with Crippen molar-refractivity contribution in [1.29, 1.82) is 0 Å². The molecule has 2 aliphatic rings. The van der Waals surface area contributed by atoms with Crippen molar-refractivity contribution in [2.75, 3.05) is 39.3 Å². The molecule has 0 bridgehead atoms. The van der Waals surface area contributed by atoms with E-state index in [-0.39, 0.29) is 10.8 Å². The molecule has 1 aromatic carbocycles. The van der Waals surface area contributed by atoms with Crippen LogP contribution in [-0.2, 0) is 16.6 Å². The Morgan fingerprint density at radius 1 is 1.03 bits per heavy atom. The van der Waals surface area contributed by atoms with Crippen LogP contribution >= 0.6 is 22.9 Å². The lowest BCUT2D eigenvalue weighted by Crippen LogP contribution is -2.48. The van der Waals surface area contributed by atoms with Crippen LogP contribution in [0.15, 0.2) is 40.6 Å². The average Bonchev–Trinajstić information content (AvgIpc) is 3.41. The zero-order valence-electron chi connectivity index (χ0n) is 16.1. The van der Waals surface area contributed by atoms with E-state index in [0.717, 1.165) is 43.1 Å². The maximum atomic E-state index is 13.1. The minimum absolute atomic E-state index is 0.163. The summed E-state index contributed by atoms with van der Waals surface area (Å²) in [6.45, 7) is 4.52. The molecule has 0 atom stereocenters. The molecule has 0 radical (unpaired) electrons. The van der Waals surface area contributed by atoms with Gasteiger partial charge < -0.3 is 4.90 Å². The number of amides is 1. The second kappa shape index (κ2) is 8.73. The first-order valence-electron chi connectivity index (χ1n) is 9.79.